The Balaban J connectivity index is 1.30. The number of aromatic nitrogens is 4. The van der Waals surface area contributed by atoms with E-state index in [1.807, 2.05) is 10.7 Å². The molecule has 1 unspecified atom stereocenters. The Morgan fingerprint density at radius 3 is 2.72 bits per heavy atom. The van der Waals surface area contributed by atoms with Gasteiger partial charge in [0.1, 0.15) is 18.0 Å². The molecule has 0 amide bonds. The van der Waals surface area contributed by atoms with Crippen molar-refractivity contribution in [1.29, 1.82) is 0 Å². The number of rotatable bonds is 6. The van der Waals surface area contributed by atoms with Crippen molar-refractivity contribution < 1.29 is 27.8 Å². The zero-order valence-corrected chi connectivity index (χ0v) is 18.8. The minimum atomic E-state index is -1.98. The fourth-order valence-electron chi connectivity index (χ4n) is 4.09. The van der Waals surface area contributed by atoms with Crippen LogP contribution in [0.2, 0.25) is 0 Å². The highest BCUT2D eigenvalue weighted by Gasteiger charge is 2.34. The summed E-state index contributed by atoms with van der Waals surface area (Å²) in [5.41, 5.74) is 0.138. The van der Waals surface area contributed by atoms with Gasteiger partial charge in [-0.05, 0) is 25.0 Å². The van der Waals surface area contributed by atoms with E-state index in [-0.39, 0.29) is 24.0 Å². The van der Waals surface area contributed by atoms with Crippen molar-refractivity contribution in [2.45, 2.75) is 24.6 Å². The Bertz CT molecular complexity index is 1460. The lowest BCUT2D eigenvalue weighted by Gasteiger charge is -2.26. The molecule has 9 nitrogen and oxygen atoms in total. The molecule has 0 radical (unpaired) electrons. The first-order valence-electron chi connectivity index (χ1n) is 11.3. The third-order valence-electron chi connectivity index (χ3n) is 6.09. The van der Waals surface area contributed by atoms with Crippen molar-refractivity contribution in [3.63, 3.8) is 0 Å². The van der Waals surface area contributed by atoms with Gasteiger partial charge in [-0.25, -0.2) is 23.1 Å². The van der Waals surface area contributed by atoms with Crippen LogP contribution in [-0.4, -0.2) is 56.3 Å². The van der Waals surface area contributed by atoms with Crippen LogP contribution in [0.4, 0.5) is 18.9 Å². The highest BCUT2D eigenvalue weighted by Crippen LogP contribution is 2.42. The summed E-state index contributed by atoms with van der Waals surface area (Å²) in [4.78, 5) is 11.2. The number of aliphatic hydroxyl groups excluding tert-OH is 1. The number of alkyl halides is 1. The van der Waals surface area contributed by atoms with E-state index < -0.39 is 36.3 Å². The number of aliphatic imine (C=N–C) groups is 1. The summed E-state index contributed by atoms with van der Waals surface area (Å²) in [6, 6.07) is 5.68. The largest absolute Gasteiger partial charge is 0.461 e. The van der Waals surface area contributed by atoms with E-state index in [0.29, 0.717) is 17.1 Å². The molecule has 1 atom stereocenters. The Kier molecular flexibility index (Phi) is 5.32. The zero-order chi connectivity index (χ0) is 24.9. The monoisotopic (exact) mass is 498 g/mol. The lowest BCUT2D eigenvalue weighted by molar-refractivity contribution is 0.0181. The van der Waals surface area contributed by atoms with Crippen molar-refractivity contribution >= 4 is 22.7 Å². The third kappa shape index (κ3) is 4.02. The van der Waals surface area contributed by atoms with Crippen LogP contribution >= 0.6 is 0 Å². The van der Waals surface area contributed by atoms with Gasteiger partial charge in [0.2, 0.25) is 0 Å². The van der Waals surface area contributed by atoms with Crippen LogP contribution in [0.1, 0.15) is 18.9 Å². The molecule has 1 fully saturated rings. The van der Waals surface area contributed by atoms with Crippen molar-refractivity contribution in [1.82, 2.24) is 19.7 Å². The van der Waals surface area contributed by atoms with E-state index in [2.05, 4.69) is 25.4 Å². The summed E-state index contributed by atoms with van der Waals surface area (Å²) in [6.07, 6.45) is 7.06. The zero-order valence-electron chi connectivity index (χ0n) is 18.8. The molecule has 3 N–H and O–H groups in total. The number of benzene rings is 1. The van der Waals surface area contributed by atoms with Crippen LogP contribution in [0.3, 0.4) is 0 Å². The number of amidine groups is 1. The molecular formula is C24H21F3N6O3. The van der Waals surface area contributed by atoms with Crippen LogP contribution in [0.15, 0.2) is 47.8 Å². The molecular weight excluding hydrogens is 477 g/mol. The van der Waals surface area contributed by atoms with Crippen molar-refractivity contribution in [2.75, 3.05) is 25.1 Å². The van der Waals surface area contributed by atoms with Crippen LogP contribution in [0, 0.1) is 11.6 Å². The van der Waals surface area contributed by atoms with E-state index in [1.165, 1.54) is 12.3 Å². The molecule has 12 heteroatoms. The maximum Gasteiger partial charge on any atom is 0.289 e. The van der Waals surface area contributed by atoms with Crippen molar-refractivity contribution in [3.05, 3.63) is 54.5 Å². The summed E-state index contributed by atoms with van der Waals surface area (Å²) in [5.74, 6) is -2.30. The van der Waals surface area contributed by atoms with E-state index >= 15 is 0 Å². The smallest absolute Gasteiger partial charge is 0.289 e. The molecule has 4 aromatic rings. The molecule has 0 spiro atoms. The maximum atomic E-state index is 15.0. The summed E-state index contributed by atoms with van der Waals surface area (Å²) >= 11 is 0. The summed E-state index contributed by atoms with van der Waals surface area (Å²) in [5, 5.41) is 16.6. The summed E-state index contributed by atoms with van der Waals surface area (Å²) in [6.45, 7) is -1.51. The number of ether oxygens (including phenoxy) is 2. The van der Waals surface area contributed by atoms with E-state index in [4.69, 9.17) is 14.6 Å². The molecule has 6 rings (SSSR count). The summed E-state index contributed by atoms with van der Waals surface area (Å²) < 4.78 is 56.8. The molecule has 0 saturated heterocycles. The molecule has 186 valence electrons. The van der Waals surface area contributed by atoms with Gasteiger partial charge in [0.25, 0.3) is 6.02 Å². The maximum absolute atomic E-state index is 15.0. The highest BCUT2D eigenvalue weighted by molar-refractivity contribution is 5.97. The van der Waals surface area contributed by atoms with E-state index in [0.717, 1.165) is 36.2 Å². The normalized spacial score (nSPS) is 19.7. The Labute approximate surface area is 202 Å². The quantitative estimate of drug-likeness (QED) is 0.365. The molecule has 2 aliphatic rings. The number of H-pyrrole nitrogens is 1. The highest BCUT2D eigenvalue weighted by atomic mass is 19.1. The molecule has 1 aliphatic heterocycles. The Hall–Kier alpha value is -4.06. The molecule has 36 heavy (non-hydrogen) atoms. The molecule has 3 aromatic heterocycles. The number of pyridine rings is 1. The van der Waals surface area contributed by atoms with Crippen molar-refractivity contribution in [3.8, 4) is 22.8 Å². The third-order valence-corrected chi connectivity index (χ3v) is 6.09. The van der Waals surface area contributed by atoms with Gasteiger partial charge in [0.15, 0.2) is 23.1 Å². The van der Waals surface area contributed by atoms with Gasteiger partial charge < -0.3 is 24.9 Å². The van der Waals surface area contributed by atoms with Gasteiger partial charge in [-0.3, -0.25) is 4.68 Å². The van der Waals surface area contributed by atoms with Crippen LogP contribution in [0.25, 0.3) is 22.3 Å². The Morgan fingerprint density at radius 1 is 1.22 bits per heavy atom. The number of aliphatic hydroxyl groups is 1. The minimum absolute atomic E-state index is 0.00185. The number of anilines is 1. The van der Waals surface area contributed by atoms with Gasteiger partial charge in [-0.1, -0.05) is 0 Å². The number of hydrogen-bond donors (Lipinski definition) is 3. The van der Waals surface area contributed by atoms with Gasteiger partial charge >= 0.3 is 0 Å². The molecule has 4 heterocycles. The lowest BCUT2D eigenvalue weighted by atomic mass is 10.1. The van der Waals surface area contributed by atoms with Crippen LogP contribution in [-0.2, 0) is 4.74 Å². The molecule has 0 bridgehead atoms. The van der Waals surface area contributed by atoms with Crippen LogP contribution in [0.5, 0.6) is 11.5 Å². The number of aromatic amines is 1. The number of nitrogens with zero attached hydrogens (tertiary/aromatic N) is 4. The van der Waals surface area contributed by atoms with E-state index in [9.17, 15) is 13.2 Å². The predicted molar refractivity (Wildman–Crippen MR) is 125 cm³/mol. The lowest BCUT2D eigenvalue weighted by Crippen LogP contribution is -2.43. The van der Waals surface area contributed by atoms with Gasteiger partial charge in [-0.15, -0.1) is 0 Å². The molecule has 1 saturated carbocycles. The second-order valence-corrected chi connectivity index (χ2v) is 8.84. The van der Waals surface area contributed by atoms with Gasteiger partial charge in [-0.2, -0.15) is 5.10 Å². The fourth-order valence-corrected chi connectivity index (χ4v) is 4.09. The topological polar surface area (TPSA) is 110 Å². The average molecular weight is 498 g/mol. The average Bonchev–Trinajstić information content (AvgIpc) is 3.43. The van der Waals surface area contributed by atoms with Gasteiger partial charge in [0.05, 0.1) is 30.3 Å². The second-order valence-electron chi connectivity index (χ2n) is 8.84. The molecule has 1 aliphatic carbocycles. The predicted octanol–water partition coefficient (Wildman–Crippen LogP) is 4.33. The first-order chi connectivity index (χ1) is 17.4. The number of hydrogen-bond acceptors (Lipinski definition) is 7. The van der Waals surface area contributed by atoms with Gasteiger partial charge in [0, 0.05) is 42.0 Å². The molecule has 1 aromatic carbocycles. The second kappa shape index (κ2) is 8.55. The first-order valence-corrected chi connectivity index (χ1v) is 11.3. The number of nitrogens with one attached hydrogen (secondary N) is 2. The van der Waals surface area contributed by atoms with Crippen molar-refractivity contribution in [2.24, 2.45) is 4.99 Å². The Morgan fingerprint density at radius 2 is 2.03 bits per heavy atom. The van der Waals surface area contributed by atoms with E-state index in [1.54, 1.807) is 12.4 Å². The minimum Gasteiger partial charge on any atom is -0.461 e. The standard InChI is InChI=1S/C24H21F3N6O3/c25-16-7-13(32-23-30-10-24(27,11-34)12-35-23)8-17(26)21(16)36-19-4-5-28-22-20(19)15(9-29-22)18-3-6-31-33(18)14-1-2-14/h3-9,14,34H,1-2,10-12H2,(H,28,29)(H,30,32). The SMILES string of the molecule is OCC1(F)CN=C(Nc2cc(F)c(Oc3ccnc4[nH]cc(-c5ccnn5C5CC5)c34)c(F)c2)OC1. The summed E-state index contributed by atoms with van der Waals surface area (Å²) in [7, 11) is 0. The fraction of sp³-hybridized carbons (Fsp3) is 0.292. The number of fused-ring (bicyclic) bond motifs is 1. The number of halogens is 3. The van der Waals surface area contributed by atoms with Crippen LogP contribution < -0.4 is 10.1 Å². The first kappa shape index (κ1) is 22.4.